The molecule has 0 bridgehead atoms. The summed E-state index contributed by atoms with van der Waals surface area (Å²) in [7, 11) is 0. The fourth-order valence-corrected chi connectivity index (χ4v) is 2.62. The van der Waals surface area contributed by atoms with Crippen LogP contribution in [0.2, 0.25) is 5.02 Å². The molecule has 0 spiro atoms. The summed E-state index contributed by atoms with van der Waals surface area (Å²) in [6.45, 7) is 7.56. The number of halogens is 1. The SMILES string of the molecule is CC(Cc1cccc(Cl)c1)NCc1ccc(C(C)C)cc1. The van der Waals surface area contributed by atoms with E-state index in [1.807, 2.05) is 18.2 Å². The van der Waals surface area contributed by atoms with E-state index in [9.17, 15) is 0 Å². The van der Waals surface area contributed by atoms with Gasteiger partial charge in [0, 0.05) is 17.6 Å². The first-order valence-corrected chi connectivity index (χ1v) is 7.99. The standard InChI is InChI=1S/C19H24ClN/c1-14(2)18-9-7-16(8-10-18)13-21-15(3)11-17-5-4-6-19(20)12-17/h4-10,12,14-15,21H,11,13H2,1-3H3. The van der Waals surface area contributed by atoms with Gasteiger partial charge in [-0.3, -0.25) is 0 Å². The van der Waals surface area contributed by atoms with Crippen molar-refractivity contribution < 1.29 is 0 Å². The van der Waals surface area contributed by atoms with Crippen LogP contribution in [-0.4, -0.2) is 6.04 Å². The molecule has 0 aliphatic rings. The molecule has 2 rings (SSSR count). The smallest absolute Gasteiger partial charge is 0.0408 e. The van der Waals surface area contributed by atoms with E-state index in [2.05, 4.69) is 56.4 Å². The Bertz CT molecular complexity index is 560. The minimum Gasteiger partial charge on any atom is -0.310 e. The summed E-state index contributed by atoms with van der Waals surface area (Å²) in [4.78, 5) is 0. The molecule has 0 radical (unpaired) electrons. The molecule has 1 N–H and O–H groups in total. The largest absolute Gasteiger partial charge is 0.310 e. The van der Waals surface area contributed by atoms with Crippen LogP contribution in [-0.2, 0) is 13.0 Å². The average Bonchev–Trinajstić information content (AvgIpc) is 2.45. The lowest BCUT2D eigenvalue weighted by atomic mass is 10.0. The number of hydrogen-bond acceptors (Lipinski definition) is 1. The lowest BCUT2D eigenvalue weighted by molar-refractivity contribution is 0.545. The highest BCUT2D eigenvalue weighted by atomic mass is 35.5. The number of rotatable bonds is 6. The van der Waals surface area contributed by atoms with E-state index in [4.69, 9.17) is 11.6 Å². The third kappa shape index (κ3) is 5.18. The predicted octanol–water partition coefficient (Wildman–Crippen LogP) is 5.18. The van der Waals surface area contributed by atoms with E-state index in [0.717, 1.165) is 18.0 Å². The van der Waals surface area contributed by atoms with Gasteiger partial charge in [0.1, 0.15) is 0 Å². The molecule has 2 aromatic rings. The molecule has 0 fully saturated rings. The molecular weight excluding hydrogens is 278 g/mol. The van der Waals surface area contributed by atoms with Crippen LogP contribution >= 0.6 is 11.6 Å². The Morgan fingerprint density at radius 1 is 0.952 bits per heavy atom. The van der Waals surface area contributed by atoms with Gasteiger partial charge >= 0.3 is 0 Å². The second kappa shape index (κ2) is 7.63. The van der Waals surface area contributed by atoms with Crippen LogP contribution in [0, 0.1) is 0 Å². The van der Waals surface area contributed by atoms with Crippen molar-refractivity contribution in [2.24, 2.45) is 0 Å². The Hall–Kier alpha value is -1.31. The minimum absolute atomic E-state index is 0.424. The van der Waals surface area contributed by atoms with Gasteiger partial charge in [-0.2, -0.15) is 0 Å². The summed E-state index contributed by atoms with van der Waals surface area (Å²) < 4.78 is 0. The zero-order valence-electron chi connectivity index (χ0n) is 13.1. The first-order chi connectivity index (χ1) is 10.0. The number of nitrogens with one attached hydrogen (secondary N) is 1. The normalized spacial score (nSPS) is 12.6. The fraction of sp³-hybridized carbons (Fsp3) is 0.368. The third-order valence-electron chi connectivity index (χ3n) is 3.73. The van der Waals surface area contributed by atoms with Crippen molar-refractivity contribution in [1.29, 1.82) is 0 Å². The molecule has 0 saturated heterocycles. The molecule has 2 aromatic carbocycles. The van der Waals surface area contributed by atoms with Crippen molar-refractivity contribution in [1.82, 2.24) is 5.32 Å². The van der Waals surface area contributed by atoms with Gasteiger partial charge in [0.25, 0.3) is 0 Å². The van der Waals surface area contributed by atoms with Gasteiger partial charge in [0.15, 0.2) is 0 Å². The maximum absolute atomic E-state index is 6.02. The van der Waals surface area contributed by atoms with Crippen LogP contribution in [0.3, 0.4) is 0 Å². The molecule has 0 amide bonds. The predicted molar refractivity (Wildman–Crippen MR) is 92.0 cm³/mol. The van der Waals surface area contributed by atoms with Gasteiger partial charge in [-0.25, -0.2) is 0 Å². The quantitative estimate of drug-likeness (QED) is 0.775. The summed E-state index contributed by atoms with van der Waals surface area (Å²) in [5, 5.41) is 4.38. The van der Waals surface area contributed by atoms with Gasteiger partial charge in [0.05, 0.1) is 0 Å². The van der Waals surface area contributed by atoms with Crippen molar-refractivity contribution in [3.8, 4) is 0 Å². The van der Waals surface area contributed by atoms with E-state index in [1.54, 1.807) is 0 Å². The second-order valence-electron chi connectivity index (χ2n) is 6.01. The second-order valence-corrected chi connectivity index (χ2v) is 6.45. The molecule has 0 heterocycles. The van der Waals surface area contributed by atoms with E-state index in [-0.39, 0.29) is 0 Å². The highest BCUT2D eigenvalue weighted by Gasteiger charge is 2.04. The number of benzene rings is 2. The third-order valence-corrected chi connectivity index (χ3v) is 3.97. The molecule has 0 aliphatic heterocycles. The topological polar surface area (TPSA) is 12.0 Å². The molecule has 0 aliphatic carbocycles. The van der Waals surface area contributed by atoms with Crippen LogP contribution in [0.15, 0.2) is 48.5 Å². The van der Waals surface area contributed by atoms with E-state index < -0.39 is 0 Å². The van der Waals surface area contributed by atoms with Gasteiger partial charge in [-0.15, -0.1) is 0 Å². The Morgan fingerprint density at radius 3 is 2.29 bits per heavy atom. The molecule has 1 atom stereocenters. The highest BCUT2D eigenvalue weighted by Crippen LogP contribution is 2.15. The zero-order valence-corrected chi connectivity index (χ0v) is 13.8. The highest BCUT2D eigenvalue weighted by molar-refractivity contribution is 6.30. The van der Waals surface area contributed by atoms with Gasteiger partial charge < -0.3 is 5.32 Å². The lowest BCUT2D eigenvalue weighted by Crippen LogP contribution is -2.27. The van der Waals surface area contributed by atoms with E-state index in [1.165, 1.54) is 16.7 Å². The first kappa shape index (κ1) is 16.1. The maximum atomic E-state index is 6.02. The van der Waals surface area contributed by atoms with Crippen LogP contribution in [0.5, 0.6) is 0 Å². The maximum Gasteiger partial charge on any atom is 0.0408 e. The Kier molecular flexibility index (Phi) is 5.84. The van der Waals surface area contributed by atoms with Gasteiger partial charge in [-0.05, 0) is 48.1 Å². The average molecular weight is 302 g/mol. The summed E-state index contributed by atoms with van der Waals surface area (Å²) in [6, 6.07) is 17.4. The lowest BCUT2D eigenvalue weighted by Gasteiger charge is -2.15. The van der Waals surface area contributed by atoms with Crippen LogP contribution < -0.4 is 5.32 Å². The molecule has 1 nitrogen and oxygen atoms in total. The molecule has 2 heteroatoms. The zero-order chi connectivity index (χ0) is 15.2. The van der Waals surface area contributed by atoms with Crippen LogP contribution in [0.1, 0.15) is 43.4 Å². The fourth-order valence-electron chi connectivity index (χ4n) is 2.40. The molecule has 21 heavy (non-hydrogen) atoms. The van der Waals surface area contributed by atoms with Crippen LogP contribution in [0.4, 0.5) is 0 Å². The van der Waals surface area contributed by atoms with E-state index >= 15 is 0 Å². The van der Waals surface area contributed by atoms with Crippen molar-refractivity contribution in [2.75, 3.05) is 0 Å². The summed E-state index contributed by atoms with van der Waals surface area (Å²) >= 11 is 6.02. The minimum atomic E-state index is 0.424. The van der Waals surface area contributed by atoms with Gasteiger partial charge in [0.2, 0.25) is 0 Å². The van der Waals surface area contributed by atoms with Crippen LogP contribution in [0.25, 0.3) is 0 Å². The summed E-state index contributed by atoms with van der Waals surface area (Å²) in [5.74, 6) is 0.591. The van der Waals surface area contributed by atoms with Crippen molar-refractivity contribution in [3.05, 3.63) is 70.2 Å². The summed E-state index contributed by atoms with van der Waals surface area (Å²) in [6.07, 6.45) is 0.991. The first-order valence-electron chi connectivity index (χ1n) is 7.61. The Balaban J connectivity index is 1.84. The molecule has 1 unspecified atom stereocenters. The molecular formula is C19H24ClN. The molecule has 0 saturated carbocycles. The van der Waals surface area contributed by atoms with E-state index in [0.29, 0.717) is 12.0 Å². The monoisotopic (exact) mass is 301 g/mol. The Labute approximate surface area is 133 Å². The molecule has 112 valence electrons. The van der Waals surface area contributed by atoms with Crippen molar-refractivity contribution in [2.45, 2.75) is 45.7 Å². The summed E-state index contributed by atoms with van der Waals surface area (Å²) in [5.41, 5.74) is 4.00. The van der Waals surface area contributed by atoms with Gasteiger partial charge in [-0.1, -0.05) is 61.8 Å². The van der Waals surface area contributed by atoms with Crippen molar-refractivity contribution in [3.63, 3.8) is 0 Å². The number of hydrogen-bond donors (Lipinski definition) is 1. The Morgan fingerprint density at radius 2 is 1.67 bits per heavy atom. The van der Waals surface area contributed by atoms with Crippen molar-refractivity contribution >= 4 is 11.6 Å². The molecule has 0 aromatic heterocycles.